The first-order chi connectivity index (χ1) is 14.0. The minimum absolute atomic E-state index is 0.327. The lowest BCUT2D eigenvalue weighted by Crippen LogP contribution is -2.50. The summed E-state index contributed by atoms with van der Waals surface area (Å²) in [6.45, 7) is 9.27. The molecule has 0 aliphatic rings. The summed E-state index contributed by atoms with van der Waals surface area (Å²) in [5, 5.41) is 5.39. The third-order valence-electron chi connectivity index (χ3n) is 4.33. The van der Waals surface area contributed by atoms with Crippen LogP contribution in [0.15, 0.2) is 24.3 Å². The maximum Gasteiger partial charge on any atom is 0.408 e. The molecule has 1 rings (SSSR count). The molecule has 0 heterocycles. The Hall–Kier alpha value is -3.01. The molecule has 2 atom stereocenters. The van der Waals surface area contributed by atoms with Crippen LogP contribution < -0.4 is 10.6 Å². The van der Waals surface area contributed by atoms with E-state index in [9.17, 15) is 14.4 Å². The highest BCUT2D eigenvalue weighted by molar-refractivity contribution is 5.92. The van der Waals surface area contributed by atoms with Crippen LogP contribution in [0.3, 0.4) is 0 Å². The minimum atomic E-state index is -0.926. The maximum absolute atomic E-state index is 13.0. The Labute approximate surface area is 179 Å². The van der Waals surface area contributed by atoms with Crippen molar-refractivity contribution in [1.82, 2.24) is 15.5 Å². The van der Waals surface area contributed by atoms with E-state index in [-0.39, 0.29) is 5.91 Å². The number of rotatable bonds is 8. The van der Waals surface area contributed by atoms with Crippen molar-refractivity contribution >= 4 is 17.9 Å². The molecule has 0 saturated heterocycles. The van der Waals surface area contributed by atoms with E-state index in [1.54, 1.807) is 52.0 Å². The fourth-order valence-corrected chi connectivity index (χ4v) is 2.86. The molecule has 0 aliphatic carbocycles. The first kappa shape index (κ1) is 25.0. The van der Waals surface area contributed by atoms with Gasteiger partial charge in [-0.05, 0) is 45.7 Å². The predicted molar refractivity (Wildman–Crippen MR) is 117 cm³/mol. The summed E-state index contributed by atoms with van der Waals surface area (Å²) in [5.74, 6) is 1.80. The van der Waals surface area contributed by atoms with E-state index in [1.807, 2.05) is 6.92 Å². The number of terminal acetylenes is 1. The lowest BCUT2D eigenvalue weighted by atomic mass is 9.98. The van der Waals surface area contributed by atoms with Crippen LogP contribution in [0.1, 0.15) is 64.6 Å². The van der Waals surface area contributed by atoms with Crippen LogP contribution >= 0.6 is 0 Å². The first-order valence-corrected chi connectivity index (χ1v) is 10.1. The van der Waals surface area contributed by atoms with Gasteiger partial charge in [-0.15, -0.1) is 6.42 Å². The molecule has 1 aromatic carbocycles. The maximum atomic E-state index is 13.0. The first-order valence-electron chi connectivity index (χ1n) is 10.1. The van der Waals surface area contributed by atoms with E-state index >= 15 is 0 Å². The van der Waals surface area contributed by atoms with E-state index in [0.29, 0.717) is 17.7 Å². The second-order valence-corrected chi connectivity index (χ2v) is 8.10. The van der Waals surface area contributed by atoms with E-state index in [0.717, 1.165) is 12.8 Å². The van der Waals surface area contributed by atoms with Gasteiger partial charge in [-0.2, -0.15) is 0 Å². The average Bonchev–Trinajstić information content (AvgIpc) is 2.66. The van der Waals surface area contributed by atoms with Crippen LogP contribution in [0.2, 0.25) is 0 Å². The smallest absolute Gasteiger partial charge is 0.408 e. The van der Waals surface area contributed by atoms with Crippen molar-refractivity contribution in [1.29, 1.82) is 0 Å². The summed E-state index contributed by atoms with van der Waals surface area (Å²) in [4.78, 5) is 39.3. The molecule has 0 aliphatic heterocycles. The Morgan fingerprint density at radius 3 is 2.43 bits per heavy atom. The Kier molecular flexibility index (Phi) is 9.38. The van der Waals surface area contributed by atoms with Crippen molar-refractivity contribution in [3.63, 3.8) is 0 Å². The number of benzene rings is 1. The van der Waals surface area contributed by atoms with E-state index in [4.69, 9.17) is 11.2 Å². The standard InChI is InChI=1S/C23H33N3O4/c1-8-10-15-24-20(27)19(18-14-12-11-13-17(18)9-2)26(7)21(28)16(3)25-22(29)30-23(4,5)6/h2,11-14,16,19H,8,10,15H2,1,3-7H3,(H,24,27)(H,25,29). The van der Waals surface area contributed by atoms with Crippen molar-refractivity contribution in [2.75, 3.05) is 13.6 Å². The summed E-state index contributed by atoms with van der Waals surface area (Å²) in [7, 11) is 1.52. The van der Waals surface area contributed by atoms with Crippen molar-refractivity contribution in [3.05, 3.63) is 35.4 Å². The largest absolute Gasteiger partial charge is 0.444 e. The highest BCUT2D eigenvalue weighted by atomic mass is 16.6. The lowest BCUT2D eigenvalue weighted by Gasteiger charge is -2.31. The number of likely N-dealkylation sites (N-methyl/N-ethyl adjacent to an activating group) is 1. The molecule has 0 radical (unpaired) electrons. The quantitative estimate of drug-likeness (QED) is 0.505. The van der Waals surface area contributed by atoms with Crippen LogP contribution in [-0.2, 0) is 14.3 Å². The number of nitrogens with one attached hydrogen (secondary N) is 2. The third-order valence-corrected chi connectivity index (χ3v) is 4.33. The molecule has 2 unspecified atom stereocenters. The monoisotopic (exact) mass is 415 g/mol. The minimum Gasteiger partial charge on any atom is -0.444 e. The SMILES string of the molecule is C#Cc1ccccc1C(C(=O)NCCCC)N(C)C(=O)C(C)NC(=O)OC(C)(C)C. The fourth-order valence-electron chi connectivity index (χ4n) is 2.86. The number of hydrogen-bond donors (Lipinski definition) is 2. The number of nitrogens with zero attached hydrogens (tertiary/aromatic N) is 1. The zero-order valence-corrected chi connectivity index (χ0v) is 18.7. The number of unbranched alkanes of at least 4 members (excludes halogenated alkanes) is 1. The van der Waals surface area contributed by atoms with Crippen LogP contribution in [0, 0.1) is 12.3 Å². The van der Waals surface area contributed by atoms with Gasteiger partial charge in [0.15, 0.2) is 0 Å². The van der Waals surface area contributed by atoms with Gasteiger partial charge in [0.1, 0.15) is 17.7 Å². The van der Waals surface area contributed by atoms with Gasteiger partial charge in [-0.25, -0.2) is 4.79 Å². The molecule has 1 aromatic rings. The van der Waals surface area contributed by atoms with Gasteiger partial charge in [-0.1, -0.05) is 37.5 Å². The summed E-state index contributed by atoms with van der Waals surface area (Å²) in [6.07, 6.45) is 6.66. The van der Waals surface area contributed by atoms with Crippen LogP contribution in [0.4, 0.5) is 4.79 Å². The molecule has 7 nitrogen and oxygen atoms in total. The van der Waals surface area contributed by atoms with Crippen molar-refractivity contribution in [3.8, 4) is 12.3 Å². The average molecular weight is 416 g/mol. The van der Waals surface area contributed by atoms with Gasteiger partial charge >= 0.3 is 6.09 Å². The van der Waals surface area contributed by atoms with Crippen LogP contribution in [0.5, 0.6) is 0 Å². The molecule has 0 fully saturated rings. The molecule has 2 N–H and O–H groups in total. The second-order valence-electron chi connectivity index (χ2n) is 8.10. The predicted octanol–water partition coefficient (Wildman–Crippen LogP) is 3.00. The Balaban J connectivity index is 3.10. The van der Waals surface area contributed by atoms with Gasteiger partial charge in [0.25, 0.3) is 0 Å². The number of carbonyl (C=O) groups is 3. The zero-order chi connectivity index (χ0) is 22.9. The molecule has 0 aromatic heterocycles. The molecule has 0 spiro atoms. The molecule has 7 heteroatoms. The van der Waals surface area contributed by atoms with E-state index in [2.05, 4.69) is 16.6 Å². The zero-order valence-electron chi connectivity index (χ0n) is 18.7. The third kappa shape index (κ3) is 7.43. The van der Waals surface area contributed by atoms with Crippen molar-refractivity contribution in [2.24, 2.45) is 0 Å². The molecule has 30 heavy (non-hydrogen) atoms. The lowest BCUT2D eigenvalue weighted by molar-refractivity contribution is -0.140. The van der Waals surface area contributed by atoms with Gasteiger partial charge in [0.2, 0.25) is 11.8 Å². The van der Waals surface area contributed by atoms with Crippen molar-refractivity contribution < 1.29 is 19.1 Å². The topological polar surface area (TPSA) is 87.7 Å². The second kappa shape index (κ2) is 11.2. The summed E-state index contributed by atoms with van der Waals surface area (Å²) < 4.78 is 5.21. The van der Waals surface area contributed by atoms with Gasteiger partial charge in [0, 0.05) is 19.2 Å². The highest BCUT2D eigenvalue weighted by Gasteiger charge is 2.33. The van der Waals surface area contributed by atoms with E-state index in [1.165, 1.54) is 11.9 Å². The Morgan fingerprint density at radius 1 is 1.23 bits per heavy atom. The van der Waals surface area contributed by atoms with Crippen LogP contribution in [-0.4, -0.2) is 48.0 Å². The number of ether oxygens (including phenoxy) is 1. The molecular formula is C23H33N3O4. The van der Waals surface area contributed by atoms with Gasteiger partial charge in [0.05, 0.1) is 0 Å². The molecular weight excluding hydrogens is 382 g/mol. The molecule has 0 bridgehead atoms. The number of hydrogen-bond acceptors (Lipinski definition) is 4. The van der Waals surface area contributed by atoms with Crippen LogP contribution in [0.25, 0.3) is 0 Å². The molecule has 0 saturated carbocycles. The summed E-state index contributed by atoms with van der Waals surface area (Å²) in [6, 6.07) is 5.18. The normalized spacial score (nSPS) is 12.8. The highest BCUT2D eigenvalue weighted by Crippen LogP contribution is 2.24. The fraction of sp³-hybridized carbons (Fsp3) is 0.522. The Bertz CT molecular complexity index is 792. The van der Waals surface area contributed by atoms with E-state index < -0.39 is 29.7 Å². The Morgan fingerprint density at radius 2 is 1.87 bits per heavy atom. The summed E-state index contributed by atoms with van der Waals surface area (Å²) in [5.41, 5.74) is 0.390. The van der Waals surface area contributed by atoms with Gasteiger partial charge in [-0.3, -0.25) is 9.59 Å². The number of alkyl carbamates (subject to hydrolysis) is 1. The molecule has 164 valence electrons. The number of amides is 3. The van der Waals surface area contributed by atoms with Gasteiger partial charge < -0.3 is 20.3 Å². The summed E-state index contributed by atoms with van der Waals surface area (Å²) >= 11 is 0. The van der Waals surface area contributed by atoms with Crippen molar-refractivity contribution in [2.45, 2.75) is 65.1 Å². The number of carbonyl (C=O) groups excluding carboxylic acids is 3. The molecule has 3 amide bonds.